The lowest BCUT2D eigenvalue weighted by Crippen LogP contribution is -2.42. The van der Waals surface area contributed by atoms with Crippen LogP contribution in [0.1, 0.15) is 56.7 Å². The number of hydrogen-bond acceptors (Lipinski definition) is 4. The lowest BCUT2D eigenvalue weighted by atomic mass is 9.93. The molecule has 0 atom stereocenters. The van der Waals surface area contributed by atoms with Crippen molar-refractivity contribution in [1.82, 2.24) is 19.8 Å². The third-order valence-corrected chi connectivity index (χ3v) is 4.61. The highest BCUT2D eigenvalue weighted by Crippen LogP contribution is 2.31. The number of imidazole rings is 1. The lowest BCUT2D eigenvalue weighted by Gasteiger charge is -2.32. The molecule has 0 aliphatic carbocycles. The predicted octanol–water partition coefficient (Wildman–Crippen LogP) is 2.41. The normalized spacial score (nSPS) is 19.6. The number of nitrogens with zero attached hydrogens (tertiary/aromatic N) is 3. The number of fused-ring (bicyclic) bond motifs is 1. The highest BCUT2D eigenvalue weighted by Gasteiger charge is 2.31. The SMILES string of the molecule is Cc1nc(C2CCNCC2)c2n1CCN(C(=O)OC(C)(C)C)C2. The number of ether oxygens (including phenoxy) is 1. The van der Waals surface area contributed by atoms with E-state index in [-0.39, 0.29) is 6.09 Å². The Morgan fingerprint density at radius 3 is 2.61 bits per heavy atom. The van der Waals surface area contributed by atoms with Crippen molar-refractivity contribution in [3.63, 3.8) is 0 Å². The number of carbonyl (C=O) groups excluding carboxylic acids is 1. The summed E-state index contributed by atoms with van der Waals surface area (Å²) in [4.78, 5) is 19.0. The zero-order chi connectivity index (χ0) is 16.6. The van der Waals surface area contributed by atoms with Crippen molar-refractivity contribution in [2.24, 2.45) is 0 Å². The summed E-state index contributed by atoms with van der Waals surface area (Å²) < 4.78 is 7.81. The highest BCUT2D eigenvalue weighted by atomic mass is 16.6. The summed E-state index contributed by atoms with van der Waals surface area (Å²) in [6.07, 6.45) is 2.02. The maximum absolute atomic E-state index is 12.4. The Morgan fingerprint density at radius 2 is 1.96 bits per heavy atom. The summed E-state index contributed by atoms with van der Waals surface area (Å²) in [6, 6.07) is 0. The van der Waals surface area contributed by atoms with Crippen molar-refractivity contribution in [1.29, 1.82) is 0 Å². The largest absolute Gasteiger partial charge is 0.444 e. The minimum absolute atomic E-state index is 0.223. The van der Waals surface area contributed by atoms with Gasteiger partial charge in [0, 0.05) is 19.0 Å². The summed E-state index contributed by atoms with van der Waals surface area (Å²) in [7, 11) is 0. The van der Waals surface area contributed by atoms with Crippen molar-refractivity contribution in [2.45, 2.75) is 65.1 Å². The number of aryl methyl sites for hydroxylation is 1. The van der Waals surface area contributed by atoms with E-state index < -0.39 is 5.60 Å². The van der Waals surface area contributed by atoms with Gasteiger partial charge in [0.1, 0.15) is 11.4 Å². The minimum atomic E-state index is -0.456. The maximum atomic E-state index is 12.4. The number of aromatic nitrogens is 2. The fraction of sp³-hybridized carbons (Fsp3) is 0.765. The average Bonchev–Trinajstić information content (AvgIpc) is 2.83. The Labute approximate surface area is 138 Å². The molecule has 1 fully saturated rings. The molecular weight excluding hydrogens is 292 g/mol. The standard InChI is InChI=1S/C17H28N4O2/c1-12-19-15(13-5-7-18-8-6-13)14-11-20(9-10-21(12)14)16(22)23-17(2,3)4/h13,18H,5-11H2,1-4H3. The van der Waals surface area contributed by atoms with Gasteiger partial charge in [-0.2, -0.15) is 0 Å². The van der Waals surface area contributed by atoms with E-state index in [9.17, 15) is 4.79 Å². The molecule has 0 saturated carbocycles. The van der Waals surface area contributed by atoms with Crippen LogP contribution in [0.15, 0.2) is 0 Å². The molecule has 0 spiro atoms. The first kappa shape index (κ1) is 16.3. The molecule has 1 saturated heterocycles. The molecule has 0 bridgehead atoms. The van der Waals surface area contributed by atoms with Gasteiger partial charge >= 0.3 is 6.09 Å². The van der Waals surface area contributed by atoms with Crippen LogP contribution in [-0.2, 0) is 17.8 Å². The molecule has 1 aromatic rings. The van der Waals surface area contributed by atoms with Crippen LogP contribution < -0.4 is 5.32 Å². The minimum Gasteiger partial charge on any atom is -0.444 e. The molecule has 1 amide bonds. The maximum Gasteiger partial charge on any atom is 0.410 e. The van der Waals surface area contributed by atoms with Crippen LogP contribution in [0.2, 0.25) is 0 Å². The molecule has 1 N–H and O–H groups in total. The van der Waals surface area contributed by atoms with Crippen LogP contribution >= 0.6 is 0 Å². The van der Waals surface area contributed by atoms with Gasteiger partial charge in [-0.3, -0.25) is 0 Å². The van der Waals surface area contributed by atoms with Gasteiger partial charge in [0.15, 0.2) is 0 Å². The van der Waals surface area contributed by atoms with Gasteiger partial charge in [-0.05, 0) is 53.6 Å². The molecule has 128 valence electrons. The van der Waals surface area contributed by atoms with Crippen molar-refractivity contribution in [3.05, 3.63) is 17.2 Å². The summed E-state index contributed by atoms with van der Waals surface area (Å²) in [5, 5.41) is 3.40. The summed E-state index contributed by atoms with van der Waals surface area (Å²) in [6.45, 7) is 12.0. The first-order valence-electron chi connectivity index (χ1n) is 8.59. The number of rotatable bonds is 1. The molecule has 6 nitrogen and oxygen atoms in total. The van der Waals surface area contributed by atoms with E-state index in [0.29, 0.717) is 19.0 Å². The van der Waals surface area contributed by atoms with Crippen LogP contribution in [0.4, 0.5) is 4.79 Å². The van der Waals surface area contributed by atoms with E-state index in [1.807, 2.05) is 25.7 Å². The Morgan fingerprint density at radius 1 is 1.26 bits per heavy atom. The first-order chi connectivity index (χ1) is 10.8. The van der Waals surface area contributed by atoms with Crippen molar-refractivity contribution in [2.75, 3.05) is 19.6 Å². The zero-order valence-electron chi connectivity index (χ0n) is 14.7. The van der Waals surface area contributed by atoms with Gasteiger partial charge in [-0.25, -0.2) is 9.78 Å². The predicted molar refractivity (Wildman–Crippen MR) is 88.5 cm³/mol. The fourth-order valence-electron chi connectivity index (χ4n) is 3.48. The number of nitrogens with one attached hydrogen (secondary N) is 1. The second kappa shape index (κ2) is 6.15. The number of amides is 1. The van der Waals surface area contributed by atoms with E-state index in [1.54, 1.807) is 0 Å². The van der Waals surface area contributed by atoms with Gasteiger partial charge in [0.25, 0.3) is 0 Å². The summed E-state index contributed by atoms with van der Waals surface area (Å²) in [5.74, 6) is 1.57. The van der Waals surface area contributed by atoms with Crippen molar-refractivity contribution >= 4 is 6.09 Å². The average molecular weight is 320 g/mol. The van der Waals surface area contributed by atoms with E-state index in [1.165, 1.54) is 11.4 Å². The molecule has 2 aliphatic rings. The van der Waals surface area contributed by atoms with Crippen molar-refractivity contribution < 1.29 is 9.53 Å². The zero-order valence-corrected chi connectivity index (χ0v) is 14.7. The third kappa shape index (κ3) is 3.52. The summed E-state index contributed by atoms with van der Waals surface area (Å²) >= 11 is 0. The second-order valence-corrected chi connectivity index (χ2v) is 7.57. The van der Waals surface area contributed by atoms with Crippen LogP contribution in [0.5, 0.6) is 0 Å². The number of hydrogen-bond donors (Lipinski definition) is 1. The Balaban J connectivity index is 1.80. The lowest BCUT2D eigenvalue weighted by molar-refractivity contribution is 0.0197. The van der Waals surface area contributed by atoms with E-state index >= 15 is 0 Å². The van der Waals surface area contributed by atoms with Gasteiger partial charge in [0.05, 0.1) is 17.9 Å². The topological polar surface area (TPSA) is 59.4 Å². The smallest absolute Gasteiger partial charge is 0.410 e. The molecule has 2 aliphatic heterocycles. The Bertz CT molecular complexity index is 582. The van der Waals surface area contributed by atoms with Crippen molar-refractivity contribution in [3.8, 4) is 0 Å². The van der Waals surface area contributed by atoms with Gasteiger partial charge in [-0.15, -0.1) is 0 Å². The molecule has 1 aromatic heterocycles. The van der Waals surface area contributed by atoms with Gasteiger partial charge in [0.2, 0.25) is 0 Å². The Kier molecular flexibility index (Phi) is 4.36. The van der Waals surface area contributed by atoms with Crippen LogP contribution in [0.25, 0.3) is 0 Å². The van der Waals surface area contributed by atoms with Crippen LogP contribution in [0.3, 0.4) is 0 Å². The van der Waals surface area contributed by atoms with Gasteiger partial charge < -0.3 is 19.5 Å². The first-order valence-corrected chi connectivity index (χ1v) is 8.59. The van der Waals surface area contributed by atoms with E-state index in [4.69, 9.17) is 9.72 Å². The van der Waals surface area contributed by atoms with E-state index in [2.05, 4.69) is 16.8 Å². The monoisotopic (exact) mass is 320 g/mol. The molecule has 3 rings (SSSR count). The molecule has 0 aromatic carbocycles. The van der Waals surface area contributed by atoms with Crippen LogP contribution in [-0.4, -0.2) is 45.8 Å². The third-order valence-electron chi connectivity index (χ3n) is 4.61. The molecule has 0 radical (unpaired) electrons. The molecular formula is C17H28N4O2. The number of piperidine rings is 1. The second-order valence-electron chi connectivity index (χ2n) is 7.57. The highest BCUT2D eigenvalue weighted by molar-refractivity contribution is 5.68. The molecule has 6 heteroatoms. The molecule has 0 unspecified atom stereocenters. The fourth-order valence-corrected chi connectivity index (χ4v) is 3.48. The van der Waals surface area contributed by atoms with Gasteiger partial charge in [-0.1, -0.05) is 0 Å². The van der Waals surface area contributed by atoms with E-state index in [0.717, 1.165) is 38.3 Å². The molecule has 23 heavy (non-hydrogen) atoms. The Hall–Kier alpha value is -1.56. The number of carbonyl (C=O) groups is 1. The quantitative estimate of drug-likeness (QED) is 0.863. The summed E-state index contributed by atoms with van der Waals surface area (Å²) in [5.41, 5.74) is 1.94. The molecule has 3 heterocycles. The van der Waals surface area contributed by atoms with Crippen LogP contribution in [0, 0.1) is 6.92 Å².